The molecule has 1 fully saturated rings. The van der Waals surface area contributed by atoms with E-state index < -0.39 is 10.8 Å². The van der Waals surface area contributed by atoms with Crippen molar-refractivity contribution in [2.75, 3.05) is 36.5 Å². The average molecular weight is 484 g/mol. The number of morpholine rings is 1. The van der Waals surface area contributed by atoms with E-state index in [4.69, 9.17) is 9.84 Å². The largest absolute Gasteiger partial charge is 0.378 e. The third-order valence-electron chi connectivity index (χ3n) is 6.09. The molecule has 1 N–H and O–H groups in total. The second kappa shape index (κ2) is 10.0. The summed E-state index contributed by atoms with van der Waals surface area (Å²) < 4.78 is 7.06. The minimum atomic E-state index is -0.452. The number of carbonyl (C=O) groups is 1. The number of nitro benzene ring substituents is 1. The Bertz CT molecular complexity index is 1390. The van der Waals surface area contributed by atoms with Gasteiger partial charge in [0.2, 0.25) is 0 Å². The van der Waals surface area contributed by atoms with Gasteiger partial charge in [0.05, 0.1) is 35.7 Å². The summed E-state index contributed by atoms with van der Waals surface area (Å²) in [6.07, 6.45) is 1.75. The highest BCUT2D eigenvalue weighted by Gasteiger charge is 2.24. The quantitative estimate of drug-likeness (QED) is 0.311. The minimum Gasteiger partial charge on any atom is -0.378 e. The Morgan fingerprint density at radius 2 is 1.75 bits per heavy atom. The summed E-state index contributed by atoms with van der Waals surface area (Å²) in [6, 6.07) is 22.0. The van der Waals surface area contributed by atoms with Crippen LogP contribution in [0.25, 0.3) is 16.9 Å². The first-order chi connectivity index (χ1) is 17.5. The number of ether oxygens (including phenoxy) is 1. The van der Waals surface area contributed by atoms with Gasteiger partial charge in [-0.3, -0.25) is 14.9 Å². The van der Waals surface area contributed by atoms with Gasteiger partial charge in [-0.2, -0.15) is 5.10 Å². The summed E-state index contributed by atoms with van der Waals surface area (Å²) in [5.41, 5.74) is 4.48. The number of hydrogen-bond donors (Lipinski definition) is 1. The molecule has 0 unspecified atom stereocenters. The van der Waals surface area contributed by atoms with Gasteiger partial charge < -0.3 is 15.0 Å². The maximum absolute atomic E-state index is 13.3. The van der Waals surface area contributed by atoms with E-state index in [2.05, 4.69) is 5.32 Å². The number of benzene rings is 3. The van der Waals surface area contributed by atoms with Crippen LogP contribution >= 0.6 is 0 Å². The number of nitrogens with one attached hydrogen (secondary N) is 1. The number of amides is 1. The van der Waals surface area contributed by atoms with Crippen molar-refractivity contribution in [2.24, 2.45) is 0 Å². The van der Waals surface area contributed by atoms with Gasteiger partial charge in [0.15, 0.2) is 0 Å². The molecule has 0 bridgehead atoms. The van der Waals surface area contributed by atoms with Gasteiger partial charge in [-0.25, -0.2) is 4.68 Å². The average Bonchev–Trinajstić information content (AvgIpc) is 3.33. The Labute approximate surface area is 208 Å². The maximum atomic E-state index is 13.3. The molecule has 1 aromatic heterocycles. The summed E-state index contributed by atoms with van der Waals surface area (Å²) in [5, 5.41) is 19.5. The summed E-state index contributed by atoms with van der Waals surface area (Å²) in [4.78, 5) is 26.5. The van der Waals surface area contributed by atoms with Crippen molar-refractivity contribution in [1.29, 1.82) is 0 Å². The van der Waals surface area contributed by atoms with Crippen LogP contribution in [-0.4, -0.2) is 46.9 Å². The Morgan fingerprint density at radius 3 is 2.44 bits per heavy atom. The zero-order chi connectivity index (χ0) is 25.1. The predicted molar refractivity (Wildman–Crippen MR) is 138 cm³/mol. The van der Waals surface area contributed by atoms with E-state index in [9.17, 15) is 14.9 Å². The number of rotatable bonds is 6. The van der Waals surface area contributed by atoms with Gasteiger partial charge in [0, 0.05) is 30.3 Å². The van der Waals surface area contributed by atoms with E-state index >= 15 is 0 Å². The SMILES string of the molecule is Cc1ccc(-c2nn(-c3ccccc3)cc2NC(=O)c2ccc(N3CCOCC3)c([N+](=O)[O-])c2)cc1. The second-order valence-electron chi connectivity index (χ2n) is 8.55. The molecule has 9 heteroatoms. The summed E-state index contributed by atoms with van der Waals surface area (Å²) in [7, 11) is 0. The third-order valence-corrected chi connectivity index (χ3v) is 6.09. The van der Waals surface area contributed by atoms with Gasteiger partial charge in [-0.15, -0.1) is 0 Å². The molecule has 36 heavy (non-hydrogen) atoms. The van der Waals surface area contributed by atoms with E-state index in [1.165, 1.54) is 6.07 Å². The van der Waals surface area contributed by atoms with Crippen LogP contribution < -0.4 is 10.2 Å². The van der Waals surface area contributed by atoms with Crippen LogP contribution in [0.5, 0.6) is 0 Å². The van der Waals surface area contributed by atoms with E-state index in [0.717, 1.165) is 16.8 Å². The molecule has 1 saturated heterocycles. The van der Waals surface area contributed by atoms with E-state index in [1.807, 2.05) is 66.4 Å². The molecule has 0 aliphatic carbocycles. The molecule has 9 nitrogen and oxygen atoms in total. The lowest BCUT2D eigenvalue weighted by atomic mass is 10.1. The number of anilines is 2. The van der Waals surface area contributed by atoms with E-state index in [1.54, 1.807) is 23.0 Å². The number of nitrogens with zero attached hydrogens (tertiary/aromatic N) is 4. The van der Waals surface area contributed by atoms with Gasteiger partial charge in [0.25, 0.3) is 11.6 Å². The Morgan fingerprint density at radius 1 is 1.03 bits per heavy atom. The fourth-order valence-electron chi connectivity index (χ4n) is 4.18. The fraction of sp³-hybridized carbons (Fsp3) is 0.185. The lowest BCUT2D eigenvalue weighted by Gasteiger charge is -2.28. The molecule has 0 saturated carbocycles. The standard InChI is InChI=1S/C27H25N5O4/c1-19-7-9-20(10-8-19)26-23(18-31(29-26)22-5-3-2-4-6-22)28-27(33)21-11-12-24(25(17-21)32(34)35)30-13-15-36-16-14-30/h2-12,17-18H,13-16H2,1H3,(H,28,33). The summed E-state index contributed by atoms with van der Waals surface area (Å²) in [6.45, 7) is 4.14. The van der Waals surface area contributed by atoms with Crippen molar-refractivity contribution < 1.29 is 14.5 Å². The molecule has 4 aromatic rings. The molecule has 0 radical (unpaired) electrons. The molecule has 2 heterocycles. The maximum Gasteiger partial charge on any atom is 0.293 e. The number of para-hydroxylation sites is 1. The zero-order valence-electron chi connectivity index (χ0n) is 19.8. The van der Waals surface area contributed by atoms with Gasteiger partial charge in [0.1, 0.15) is 11.4 Å². The van der Waals surface area contributed by atoms with Crippen molar-refractivity contribution >= 4 is 23.0 Å². The predicted octanol–water partition coefficient (Wildman–Crippen LogP) is 4.84. The first-order valence-corrected chi connectivity index (χ1v) is 11.6. The number of hydrogen-bond acceptors (Lipinski definition) is 6. The lowest BCUT2D eigenvalue weighted by Crippen LogP contribution is -2.36. The molecule has 3 aromatic carbocycles. The third kappa shape index (κ3) is 4.82. The Balaban J connectivity index is 1.48. The number of nitro groups is 1. The van der Waals surface area contributed by atoms with Crippen molar-refractivity contribution in [3.8, 4) is 16.9 Å². The van der Waals surface area contributed by atoms with Gasteiger partial charge >= 0.3 is 0 Å². The number of aromatic nitrogens is 2. The number of aryl methyl sites for hydroxylation is 1. The van der Waals surface area contributed by atoms with Gasteiger partial charge in [-0.05, 0) is 31.2 Å². The highest BCUT2D eigenvalue weighted by molar-refractivity contribution is 6.06. The van der Waals surface area contributed by atoms with Crippen LogP contribution in [-0.2, 0) is 4.74 Å². The van der Waals surface area contributed by atoms with Crippen molar-refractivity contribution in [2.45, 2.75) is 6.92 Å². The first-order valence-electron chi connectivity index (χ1n) is 11.6. The molecular weight excluding hydrogens is 458 g/mol. The zero-order valence-corrected chi connectivity index (χ0v) is 19.8. The van der Waals surface area contributed by atoms with Crippen LogP contribution in [0.2, 0.25) is 0 Å². The smallest absolute Gasteiger partial charge is 0.293 e. The summed E-state index contributed by atoms with van der Waals surface area (Å²) in [5.74, 6) is -0.451. The molecular formula is C27H25N5O4. The van der Waals surface area contributed by atoms with Crippen molar-refractivity contribution in [3.05, 3.63) is 100 Å². The molecule has 1 amide bonds. The molecule has 0 atom stereocenters. The molecule has 0 spiro atoms. The van der Waals surface area contributed by atoms with Crippen molar-refractivity contribution in [1.82, 2.24) is 9.78 Å². The Kier molecular flexibility index (Phi) is 6.46. The summed E-state index contributed by atoms with van der Waals surface area (Å²) >= 11 is 0. The minimum absolute atomic E-state index is 0.108. The molecule has 5 rings (SSSR count). The van der Waals surface area contributed by atoms with Crippen LogP contribution in [0.3, 0.4) is 0 Å². The normalized spacial score (nSPS) is 13.4. The fourth-order valence-corrected chi connectivity index (χ4v) is 4.18. The monoisotopic (exact) mass is 483 g/mol. The molecule has 1 aliphatic rings. The highest BCUT2D eigenvalue weighted by atomic mass is 16.6. The van der Waals surface area contributed by atoms with Crippen LogP contribution in [0, 0.1) is 17.0 Å². The second-order valence-corrected chi connectivity index (χ2v) is 8.55. The van der Waals surface area contributed by atoms with Crippen molar-refractivity contribution in [3.63, 3.8) is 0 Å². The lowest BCUT2D eigenvalue weighted by molar-refractivity contribution is -0.384. The van der Waals surface area contributed by atoms with Crippen LogP contribution in [0.1, 0.15) is 15.9 Å². The first kappa shape index (κ1) is 23.3. The van der Waals surface area contributed by atoms with Gasteiger partial charge in [-0.1, -0.05) is 48.0 Å². The molecule has 1 aliphatic heterocycles. The Hall–Kier alpha value is -4.50. The van der Waals surface area contributed by atoms with Crippen LogP contribution in [0.4, 0.5) is 17.1 Å². The molecule has 182 valence electrons. The van der Waals surface area contributed by atoms with E-state index in [-0.39, 0.29) is 11.3 Å². The van der Waals surface area contributed by atoms with Crippen LogP contribution in [0.15, 0.2) is 79.0 Å². The van der Waals surface area contributed by atoms with E-state index in [0.29, 0.717) is 43.4 Å². The number of carbonyl (C=O) groups excluding carboxylic acids is 1. The topological polar surface area (TPSA) is 103 Å². The highest BCUT2D eigenvalue weighted by Crippen LogP contribution is 2.32.